The maximum Gasteiger partial charge on any atom is 0.245 e. The number of carbonyl (C=O) groups excluding carboxylic acids is 1. The van der Waals surface area contributed by atoms with Crippen LogP contribution in [0.25, 0.3) is 11.3 Å². The van der Waals surface area contributed by atoms with E-state index in [0.717, 1.165) is 55.7 Å². The zero-order valence-electron chi connectivity index (χ0n) is 20.8. The van der Waals surface area contributed by atoms with Gasteiger partial charge in [-0.2, -0.15) is 5.10 Å². The van der Waals surface area contributed by atoms with Gasteiger partial charge in [0, 0.05) is 71.6 Å². The minimum absolute atomic E-state index is 0.0417. The van der Waals surface area contributed by atoms with Gasteiger partial charge in [0.1, 0.15) is 0 Å². The molecule has 6 rings (SSSR count). The Labute approximate surface area is 212 Å². The van der Waals surface area contributed by atoms with Gasteiger partial charge in [-0.1, -0.05) is 13.5 Å². The fourth-order valence-corrected chi connectivity index (χ4v) is 7.72. The summed E-state index contributed by atoms with van der Waals surface area (Å²) in [7, 11) is 0. The van der Waals surface area contributed by atoms with Gasteiger partial charge in [-0.25, -0.2) is 0 Å². The van der Waals surface area contributed by atoms with E-state index in [-0.39, 0.29) is 22.6 Å². The summed E-state index contributed by atoms with van der Waals surface area (Å²) >= 11 is 7.23. The van der Waals surface area contributed by atoms with Gasteiger partial charge in [-0.3, -0.25) is 25.3 Å². The summed E-state index contributed by atoms with van der Waals surface area (Å²) in [6.07, 6.45) is 8.42. The second kappa shape index (κ2) is 8.43. The number of amides is 1. The molecule has 0 radical (unpaired) electrons. The molecule has 2 aromatic heterocycles. The summed E-state index contributed by atoms with van der Waals surface area (Å²) in [4.78, 5) is 18.2. The van der Waals surface area contributed by atoms with Gasteiger partial charge in [0.25, 0.3) is 0 Å². The molecule has 2 saturated heterocycles. The predicted molar refractivity (Wildman–Crippen MR) is 137 cm³/mol. The lowest BCUT2D eigenvalue weighted by molar-refractivity contribution is -0.149. The molecule has 0 aromatic carbocycles. The lowest BCUT2D eigenvalue weighted by Crippen LogP contribution is -2.63. The van der Waals surface area contributed by atoms with E-state index in [1.165, 1.54) is 17.3 Å². The number of nitrogens with zero attached hydrogens (tertiary/aromatic N) is 4. The first kappa shape index (κ1) is 23.2. The lowest BCUT2D eigenvalue weighted by Gasteiger charge is -2.58. The molecule has 2 saturated carbocycles. The Hall–Kier alpha value is -2.22. The Kier molecular flexibility index (Phi) is 5.58. The highest BCUT2D eigenvalue weighted by atomic mass is 35.5. The van der Waals surface area contributed by atoms with Crippen molar-refractivity contribution in [2.45, 2.75) is 63.4 Å². The number of hydrazine groups is 1. The van der Waals surface area contributed by atoms with E-state index in [1.807, 2.05) is 17.3 Å². The van der Waals surface area contributed by atoms with Crippen molar-refractivity contribution in [3.8, 4) is 11.3 Å². The Morgan fingerprint density at radius 3 is 2.80 bits per heavy atom. The highest BCUT2D eigenvalue weighted by molar-refractivity contribution is 6.21. The molecular formula is C27H35ClN6O. The number of carbonyl (C=O) groups is 1. The van der Waals surface area contributed by atoms with Gasteiger partial charge in [-0.15, -0.1) is 11.6 Å². The number of hydrogen-bond acceptors (Lipinski definition) is 5. The molecule has 4 fully saturated rings. The Balaban J connectivity index is 1.37. The first-order valence-electron chi connectivity index (χ1n) is 12.9. The number of aryl methyl sites for hydroxylation is 1. The summed E-state index contributed by atoms with van der Waals surface area (Å²) < 4.78 is 2.28. The summed E-state index contributed by atoms with van der Waals surface area (Å²) in [6, 6.07) is 2.88. The van der Waals surface area contributed by atoms with Gasteiger partial charge in [-0.05, 0) is 62.7 Å². The third-order valence-corrected chi connectivity index (χ3v) is 9.84. The minimum Gasteiger partial charge on any atom is -0.338 e. The molecule has 2 N–H and O–H groups in total. The fraction of sp³-hybridized carbons (Fsp3) is 0.593. The highest BCUT2D eigenvalue weighted by Crippen LogP contribution is 2.56. The first-order valence-corrected chi connectivity index (χ1v) is 13.3. The minimum atomic E-state index is 0.0417. The van der Waals surface area contributed by atoms with E-state index in [1.54, 1.807) is 0 Å². The van der Waals surface area contributed by atoms with Gasteiger partial charge in [0.05, 0.1) is 11.7 Å². The number of pyridine rings is 1. The van der Waals surface area contributed by atoms with E-state index in [2.05, 4.69) is 53.9 Å². The zero-order chi connectivity index (χ0) is 24.5. The molecular weight excluding hydrogens is 460 g/mol. The van der Waals surface area contributed by atoms with Gasteiger partial charge in [0.15, 0.2) is 0 Å². The van der Waals surface area contributed by atoms with Crippen molar-refractivity contribution in [2.75, 3.05) is 19.6 Å². The van der Waals surface area contributed by atoms with Gasteiger partial charge >= 0.3 is 0 Å². The third-order valence-electron chi connectivity index (χ3n) is 9.14. The van der Waals surface area contributed by atoms with Crippen LogP contribution in [-0.4, -0.2) is 56.6 Å². The molecule has 2 aliphatic heterocycles. The number of hydrogen-bond donors (Lipinski definition) is 2. The standard InChI is InChI=1S/C27H35ClN6O/c1-5-22(35)33-13-27(14-33)9-18(10-27)34-17(4)23(26(32-34)19-6-7-29-11-16(19)3)24-20-12-30-31-21(20)8-15(2)25(24)28/h5-7,11,15,18,20-21,24-25,30-31H,1,8-10,12-14H2,2-4H3. The number of fused-ring (bicyclic) bond motifs is 1. The van der Waals surface area contributed by atoms with Crippen molar-refractivity contribution in [3.63, 3.8) is 0 Å². The Morgan fingerprint density at radius 2 is 2.09 bits per heavy atom. The fourth-order valence-electron chi connectivity index (χ4n) is 7.31. The van der Waals surface area contributed by atoms with Crippen molar-refractivity contribution in [1.29, 1.82) is 0 Å². The lowest BCUT2D eigenvalue weighted by atomic mass is 9.60. The topological polar surface area (TPSA) is 75.1 Å². The zero-order valence-corrected chi connectivity index (χ0v) is 21.6. The molecule has 35 heavy (non-hydrogen) atoms. The molecule has 8 heteroatoms. The molecule has 5 unspecified atom stereocenters. The van der Waals surface area contributed by atoms with E-state index in [0.29, 0.717) is 23.9 Å². The quantitative estimate of drug-likeness (QED) is 0.500. The molecule has 5 atom stereocenters. The van der Waals surface area contributed by atoms with E-state index >= 15 is 0 Å². The second-order valence-corrected chi connectivity index (χ2v) is 11.9. The summed E-state index contributed by atoms with van der Waals surface area (Å²) in [5.41, 5.74) is 13.1. The van der Waals surface area contributed by atoms with Crippen LogP contribution in [0.4, 0.5) is 0 Å². The van der Waals surface area contributed by atoms with Crippen molar-refractivity contribution in [1.82, 2.24) is 30.5 Å². The summed E-state index contributed by atoms with van der Waals surface area (Å²) in [6.45, 7) is 12.8. The molecule has 0 bridgehead atoms. The van der Waals surface area contributed by atoms with Crippen LogP contribution in [0.15, 0.2) is 31.1 Å². The van der Waals surface area contributed by atoms with Crippen LogP contribution >= 0.6 is 11.6 Å². The summed E-state index contributed by atoms with van der Waals surface area (Å²) in [5, 5.41) is 5.36. The highest BCUT2D eigenvalue weighted by Gasteiger charge is 2.55. The second-order valence-electron chi connectivity index (χ2n) is 11.4. The first-order chi connectivity index (χ1) is 16.8. The number of nitrogens with one attached hydrogen (secondary N) is 2. The van der Waals surface area contributed by atoms with E-state index in [9.17, 15) is 4.79 Å². The van der Waals surface area contributed by atoms with Crippen molar-refractivity contribution >= 4 is 17.5 Å². The van der Waals surface area contributed by atoms with E-state index in [4.69, 9.17) is 16.7 Å². The van der Waals surface area contributed by atoms with Crippen LogP contribution in [0.1, 0.15) is 55.0 Å². The van der Waals surface area contributed by atoms with Crippen LogP contribution in [0.2, 0.25) is 0 Å². The smallest absolute Gasteiger partial charge is 0.245 e. The van der Waals surface area contributed by atoms with Crippen LogP contribution in [-0.2, 0) is 4.79 Å². The Bertz CT molecular complexity index is 1160. The molecule has 4 heterocycles. The molecule has 186 valence electrons. The monoisotopic (exact) mass is 494 g/mol. The number of rotatable bonds is 4. The number of likely N-dealkylation sites (tertiary alicyclic amines) is 1. The van der Waals surface area contributed by atoms with Crippen LogP contribution in [0, 0.1) is 31.1 Å². The van der Waals surface area contributed by atoms with Gasteiger partial charge < -0.3 is 4.90 Å². The van der Waals surface area contributed by atoms with Crippen molar-refractivity contribution in [2.24, 2.45) is 17.3 Å². The average molecular weight is 495 g/mol. The van der Waals surface area contributed by atoms with Gasteiger partial charge in [0.2, 0.25) is 5.91 Å². The number of alkyl halides is 1. The maximum atomic E-state index is 11.9. The molecule has 7 nitrogen and oxygen atoms in total. The van der Waals surface area contributed by atoms with Crippen molar-refractivity contribution < 1.29 is 4.79 Å². The largest absolute Gasteiger partial charge is 0.338 e. The number of aromatic nitrogens is 3. The predicted octanol–water partition coefficient (Wildman–Crippen LogP) is 3.73. The SMILES string of the molecule is C=CC(=O)N1CC2(CC(n3nc(-c4ccncc4C)c(C4C(Cl)C(C)CC5NNCC54)c3C)C2)C1. The maximum absolute atomic E-state index is 11.9. The normalized spacial score (nSPS) is 31.7. The third kappa shape index (κ3) is 3.58. The molecule has 2 aromatic rings. The molecule has 2 aliphatic carbocycles. The summed E-state index contributed by atoms with van der Waals surface area (Å²) in [5.74, 6) is 1.12. The van der Waals surface area contributed by atoms with Crippen LogP contribution in [0.5, 0.6) is 0 Å². The average Bonchev–Trinajstić information content (AvgIpc) is 3.38. The molecule has 1 spiro atoms. The van der Waals surface area contributed by atoms with Crippen LogP contribution in [0.3, 0.4) is 0 Å². The molecule has 1 amide bonds. The Morgan fingerprint density at radius 1 is 1.31 bits per heavy atom. The number of halogens is 1. The van der Waals surface area contributed by atoms with Crippen molar-refractivity contribution in [3.05, 3.63) is 47.9 Å². The van der Waals surface area contributed by atoms with E-state index < -0.39 is 0 Å². The molecule has 4 aliphatic rings. The van der Waals surface area contributed by atoms with Crippen LogP contribution < -0.4 is 10.9 Å².